The van der Waals surface area contributed by atoms with Crippen LogP contribution in [-0.4, -0.2) is 30.5 Å². The van der Waals surface area contributed by atoms with Gasteiger partial charge in [0.1, 0.15) is 12.4 Å². The highest BCUT2D eigenvalue weighted by Gasteiger charge is 2.37. The molecule has 0 fully saturated rings. The van der Waals surface area contributed by atoms with E-state index in [1.807, 2.05) is 51.4 Å². The van der Waals surface area contributed by atoms with Crippen LogP contribution >= 0.6 is 11.8 Å². The maximum atomic E-state index is 12.8. The summed E-state index contributed by atoms with van der Waals surface area (Å²) in [5.41, 5.74) is 0.861. The van der Waals surface area contributed by atoms with Gasteiger partial charge in [0.2, 0.25) is 5.91 Å². The van der Waals surface area contributed by atoms with Crippen LogP contribution in [0.5, 0.6) is 5.75 Å². The summed E-state index contributed by atoms with van der Waals surface area (Å²) in [5.74, 6) is 0.705. The Balaban J connectivity index is 2.44. The van der Waals surface area contributed by atoms with Crippen molar-refractivity contribution < 1.29 is 9.53 Å². The Morgan fingerprint density at radius 3 is 2.92 bits per heavy atom. The number of amidine groups is 1. The molecule has 1 aliphatic heterocycles. The number of nitriles is 1. The first-order valence-corrected chi connectivity index (χ1v) is 9.02. The topological polar surface area (TPSA) is 77.7 Å². The SMILES string of the molecule is CCCN1C(=O)C(C)(C)COc2cc(N=C(NC#N)SC)ccc21. The van der Waals surface area contributed by atoms with Gasteiger partial charge >= 0.3 is 0 Å². The van der Waals surface area contributed by atoms with Gasteiger partial charge in [0, 0.05) is 12.6 Å². The average Bonchev–Trinajstić information content (AvgIpc) is 2.65. The number of carbonyl (C=O) groups excluding carboxylic acids is 1. The van der Waals surface area contributed by atoms with Gasteiger partial charge in [-0.3, -0.25) is 10.1 Å². The molecule has 0 aromatic heterocycles. The van der Waals surface area contributed by atoms with Gasteiger partial charge in [0.25, 0.3) is 0 Å². The van der Waals surface area contributed by atoms with E-state index in [4.69, 9.17) is 10.00 Å². The third-order valence-electron chi connectivity index (χ3n) is 3.68. The highest BCUT2D eigenvalue weighted by atomic mass is 32.2. The summed E-state index contributed by atoms with van der Waals surface area (Å²) in [5, 5.41) is 11.8. The maximum Gasteiger partial charge on any atom is 0.236 e. The van der Waals surface area contributed by atoms with E-state index in [9.17, 15) is 4.79 Å². The first-order valence-electron chi connectivity index (χ1n) is 7.79. The van der Waals surface area contributed by atoms with Crippen molar-refractivity contribution in [2.24, 2.45) is 10.4 Å². The third kappa shape index (κ3) is 3.82. The van der Waals surface area contributed by atoms with Gasteiger partial charge in [-0.15, -0.1) is 0 Å². The van der Waals surface area contributed by atoms with E-state index < -0.39 is 5.41 Å². The van der Waals surface area contributed by atoms with Crippen LogP contribution in [0.2, 0.25) is 0 Å². The maximum absolute atomic E-state index is 12.8. The summed E-state index contributed by atoms with van der Waals surface area (Å²) in [4.78, 5) is 19.0. The molecule has 0 saturated carbocycles. The molecule has 1 aromatic carbocycles. The second-order valence-electron chi connectivity index (χ2n) is 6.14. The zero-order valence-electron chi connectivity index (χ0n) is 14.4. The highest BCUT2D eigenvalue weighted by Crippen LogP contribution is 2.38. The largest absolute Gasteiger partial charge is 0.490 e. The summed E-state index contributed by atoms with van der Waals surface area (Å²) in [6.45, 7) is 6.80. The monoisotopic (exact) mass is 346 g/mol. The van der Waals surface area contributed by atoms with Crippen molar-refractivity contribution >= 4 is 34.2 Å². The smallest absolute Gasteiger partial charge is 0.236 e. The standard InChI is InChI=1S/C17H22N4O2S/c1-5-8-21-13-7-6-12(20-16(24-4)19-11-18)9-14(13)23-10-17(2,3)15(21)22/h6-7,9H,5,8,10H2,1-4H3,(H,19,20). The molecule has 1 N–H and O–H groups in total. The Labute approximate surface area is 146 Å². The van der Waals surface area contributed by atoms with E-state index in [1.165, 1.54) is 11.8 Å². The quantitative estimate of drug-likeness (QED) is 0.393. The fraction of sp³-hybridized carbons (Fsp3) is 0.471. The molecule has 0 saturated heterocycles. The second kappa shape index (κ2) is 7.58. The number of hydrogen-bond acceptors (Lipinski definition) is 5. The number of ether oxygens (including phenoxy) is 1. The van der Waals surface area contributed by atoms with Crippen LogP contribution in [0, 0.1) is 16.9 Å². The van der Waals surface area contributed by atoms with Crippen LogP contribution < -0.4 is 15.0 Å². The lowest BCUT2D eigenvalue weighted by Gasteiger charge is -2.27. The number of nitrogens with one attached hydrogen (secondary N) is 1. The molecule has 0 unspecified atom stereocenters. The van der Waals surface area contributed by atoms with Crippen molar-refractivity contribution in [1.29, 1.82) is 5.26 Å². The predicted molar refractivity (Wildman–Crippen MR) is 97.7 cm³/mol. The predicted octanol–water partition coefficient (Wildman–Crippen LogP) is 3.27. The molecule has 2 rings (SSSR count). The van der Waals surface area contributed by atoms with Gasteiger partial charge in [-0.25, -0.2) is 4.99 Å². The van der Waals surface area contributed by atoms with Crippen molar-refractivity contribution in [3.63, 3.8) is 0 Å². The molecule has 0 radical (unpaired) electrons. The van der Waals surface area contributed by atoms with Crippen LogP contribution in [0.15, 0.2) is 23.2 Å². The molecule has 128 valence electrons. The number of fused-ring (bicyclic) bond motifs is 1. The molecule has 6 nitrogen and oxygen atoms in total. The van der Waals surface area contributed by atoms with Crippen molar-refractivity contribution in [1.82, 2.24) is 5.32 Å². The van der Waals surface area contributed by atoms with Gasteiger partial charge in [-0.05, 0) is 38.7 Å². The third-order valence-corrected chi connectivity index (χ3v) is 4.26. The minimum absolute atomic E-state index is 0.0651. The Morgan fingerprint density at radius 1 is 1.54 bits per heavy atom. The highest BCUT2D eigenvalue weighted by molar-refractivity contribution is 8.13. The lowest BCUT2D eigenvalue weighted by atomic mass is 9.93. The number of aliphatic imine (C=N–C) groups is 1. The molecule has 1 aliphatic rings. The Morgan fingerprint density at radius 2 is 2.29 bits per heavy atom. The van der Waals surface area contributed by atoms with E-state index in [0.29, 0.717) is 29.8 Å². The summed E-state index contributed by atoms with van der Waals surface area (Å²) >= 11 is 1.35. The molecule has 24 heavy (non-hydrogen) atoms. The number of thioether (sulfide) groups is 1. The number of carbonyl (C=O) groups is 1. The summed E-state index contributed by atoms with van der Waals surface area (Å²) < 4.78 is 5.90. The molecular weight excluding hydrogens is 324 g/mol. The van der Waals surface area contributed by atoms with Gasteiger partial charge in [-0.1, -0.05) is 18.7 Å². The lowest BCUT2D eigenvalue weighted by molar-refractivity contribution is -0.127. The van der Waals surface area contributed by atoms with Gasteiger partial charge in [0.15, 0.2) is 11.4 Å². The van der Waals surface area contributed by atoms with Crippen molar-refractivity contribution in [2.45, 2.75) is 27.2 Å². The van der Waals surface area contributed by atoms with Crippen molar-refractivity contribution in [3.8, 4) is 11.9 Å². The fourth-order valence-electron chi connectivity index (χ4n) is 2.44. The number of anilines is 1. The molecule has 0 atom stereocenters. The van der Waals surface area contributed by atoms with Crippen LogP contribution in [0.25, 0.3) is 0 Å². The molecule has 0 bridgehead atoms. The molecular formula is C17H22N4O2S. The summed E-state index contributed by atoms with van der Waals surface area (Å²) in [6.07, 6.45) is 4.57. The summed E-state index contributed by atoms with van der Waals surface area (Å²) in [7, 11) is 0. The molecule has 0 spiro atoms. The minimum Gasteiger partial charge on any atom is -0.490 e. The van der Waals surface area contributed by atoms with Gasteiger partial charge < -0.3 is 9.64 Å². The van der Waals surface area contributed by atoms with E-state index in [2.05, 4.69) is 10.3 Å². The van der Waals surface area contributed by atoms with E-state index >= 15 is 0 Å². The number of benzene rings is 1. The average molecular weight is 346 g/mol. The number of amides is 1. The van der Waals surface area contributed by atoms with Crippen LogP contribution in [-0.2, 0) is 4.79 Å². The summed E-state index contributed by atoms with van der Waals surface area (Å²) in [6, 6.07) is 5.49. The van der Waals surface area contributed by atoms with Crippen molar-refractivity contribution in [2.75, 3.05) is 24.3 Å². The second-order valence-corrected chi connectivity index (χ2v) is 6.93. The van der Waals surface area contributed by atoms with E-state index in [0.717, 1.165) is 12.1 Å². The number of nitrogens with zero attached hydrogens (tertiary/aromatic N) is 3. The minimum atomic E-state index is -0.579. The van der Waals surface area contributed by atoms with Gasteiger partial charge in [-0.2, -0.15) is 5.26 Å². The Kier molecular flexibility index (Phi) is 5.73. The zero-order chi connectivity index (χ0) is 17.7. The van der Waals surface area contributed by atoms with E-state index in [-0.39, 0.29) is 5.91 Å². The molecule has 1 aromatic rings. The zero-order valence-corrected chi connectivity index (χ0v) is 15.2. The normalized spacial score (nSPS) is 16.7. The first kappa shape index (κ1) is 18.1. The number of rotatable bonds is 3. The van der Waals surface area contributed by atoms with Crippen LogP contribution in [0.3, 0.4) is 0 Å². The molecule has 1 amide bonds. The lowest BCUT2D eigenvalue weighted by Crippen LogP contribution is -2.42. The number of hydrogen-bond donors (Lipinski definition) is 1. The molecule has 7 heteroatoms. The first-order chi connectivity index (χ1) is 11.4. The van der Waals surface area contributed by atoms with Crippen LogP contribution in [0.4, 0.5) is 11.4 Å². The van der Waals surface area contributed by atoms with E-state index in [1.54, 1.807) is 4.90 Å². The Bertz CT molecular complexity index is 694. The Hall–Kier alpha value is -2.20. The molecule has 0 aliphatic carbocycles. The van der Waals surface area contributed by atoms with Crippen LogP contribution in [0.1, 0.15) is 27.2 Å². The fourth-order valence-corrected chi connectivity index (χ4v) is 2.79. The van der Waals surface area contributed by atoms with Crippen molar-refractivity contribution in [3.05, 3.63) is 18.2 Å². The molecule has 1 heterocycles. The van der Waals surface area contributed by atoms with Gasteiger partial charge in [0.05, 0.1) is 16.8 Å².